The second kappa shape index (κ2) is 8.17. The van der Waals surface area contributed by atoms with Crippen LogP contribution in [0.1, 0.15) is 17.5 Å². The Labute approximate surface area is 150 Å². The van der Waals surface area contributed by atoms with E-state index in [0.717, 1.165) is 38.3 Å². The predicted molar refractivity (Wildman–Crippen MR) is 104 cm³/mol. The molecule has 25 heavy (non-hydrogen) atoms. The van der Waals surface area contributed by atoms with Crippen LogP contribution < -0.4 is 10.2 Å². The molecule has 1 N–H and O–H groups in total. The number of piperazine rings is 1. The van der Waals surface area contributed by atoms with Gasteiger partial charge in [-0.15, -0.1) is 0 Å². The van der Waals surface area contributed by atoms with Crippen molar-refractivity contribution in [1.82, 2.24) is 4.90 Å². The second-order valence-corrected chi connectivity index (χ2v) is 6.87. The first kappa shape index (κ1) is 17.5. The Balaban J connectivity index is 1.50. The lowest BCUT2D eigenvalue weighted by atomic mass is 10.1. The van der Waals surface area contributed by atoms with Crippen LogP contribution in [0.3, 0.4) is 0 Å². The maximum absolute atomic E-state index is 12.2. The molecular formula is C21H27N3O. The topological polar surface area (TPSA) is 35.6 Å². The maximum Gasteiger partial charge on any atom is 0.224 e. The minimum absolute atomic E-state index is 0.0638. The third kappa shape index (κ3) is 5.07. The van der Waals surface area contributed by atoms with E-state index in [-0.39, 0.29) is 5.91 Å². The molecule has 1 aliphatic heterocycles. The molecule has 132 valence electrons. The number of carbonyl (C=O) groups is 1. The van der Waals surface area contributed by atoms with Gasteiger partial charge in [0.1, 0.15) is 0 Å². The van der Waals surface area contributed by atoms with E-state index in [2.05, 4.69) is 59.4 Å². The van der Waals surface area contributed by atoms with E-state index in [0.29, 0.717) is 6.42 Å². The van der Waals surface area contributed by atoms with E-state index in [1.54, 1.807) is 0 Å². The fourth-order valence-electron chi connectivity index (χ4n) is 3.17. The van der Waals surface area contributed by atoms with Crippen molar-refractivity contribution in [1.29, 1.82) is 0 Å². The van der Waals surface area contributed by atoms with Crippen molar-refractivity contribution >= 4 is 17.3 Å². The van der Waals surface area contributed by atoms with Crippen LogP contribution in [-0.4, -0.2) is 44.0 Å². The molecule has 3 rings (SSSR count). The molecule has 0 unspecified atom stereocenters. The number of rotatable bonds is 5. The highest BCUT2D eigenvalue weighted by atomic mass is 16.1. The van der Waals surface area contributed by atoms with Crippen LogP contribution in [0, 0.1) is 6.92 Å². The first-order valence-corrected chi connectivity index (χ1v) is 8.99. The SMILES string of the molecule is Cc1cccc(CCC(=O)Nc2ccc(N3CCN(C)CC3)cc2)c1. The lowest BCUT2D eigenvalue weighted by Crippen LogP contribution is -2.44. The zero-order valence-corrected chi connectivity index (χ0v) is 15.2. The Hall–Kier alpha value is -2.33. The summed E-state index contributed by atoms with van der Waals surface area (Å²) in [5.41, 5.74) is 4.54. The molecule has 2 aromatic carbocycles. The molecule has 0 aliphatic carbocycles. The highest BCUT2D eigenvalue weighted by Crippen LogP contribution is 2.19. The van der Waals surface area contributed by atoms with Crippen molar-refractivity contribution in [3.05, 3.63) is 59.7 Å². The normalized spacial score (nSPS) is 15.2. The van der Waals surface area contributed by atoms with E-state index >= 15 is 0 Å². The largest absolute Gasteiger partial charge is 0.369 e. The molecule has 1 heterocycles. The van der Waals surface area contributed by atoms with E-state index in [1.807, 2.05) is 18.2 Å². The Morgan fingerprint density at radius 2 is 1.76 bits per heavy atom. The molecular weight excluding hydrogens is 310 g/mol. The molecule has 0 bridgehead atoms. The van der Waals surface area contributed by atoms with Gasteiger partial charge in [0.05, 0.1) is 0 Å². The van der Waals surface area contributed by atoms with Gasteiger partial charge in [0, 0.05) is 44.0 Å². The Morgan fingerprint density at radius 3 is 2.44 bits per heavy atom. The van der Waals surface area contributed by atoms with Gasteiger partial charge >= 0.3 is 0 Å². The summed E-state index contributed by atoms with van der Waals surface area (Å²) in [5, 5.41) is 3.00. The molecule has 0 spiro atoms. The molecule has 0 atom stereocenters. The van der Waals surface area contributed by atoms with Crippen molar-refractivity contribution in [3.8, 4) is 0 Å². The molecule has 0 aromatic heterocycles. The number of benzene rings is 2. The van der Waals surface area contributed by atoms with Crippen molar-refractivity contribution in [3.63, 3.8) is 0 Å². The molecule has 1 aliphatic rings. The third-order valence-corrected chi connectivity index (χ3v) is 4.74. The van der Waals surface area contributed by atoms with Crippen LogP contribution in [0.15, 0.2) is 48.5 Å². The van der Waals surface area contributed by atoms with Gasteiger partial charge in [-0.25, -0.2) is 0 Å². The number of carbonyl (C=O) groups excluding carboxylic acids is 1. The fraction of sp³-hybridized carbons (Fsp3) is 0.381. The van der Waals surface area contributed by atoms with Gasteiger partial charge in [-0.1, -0.05) is 29.8 Å². The van der Waals surface area contributed by atoms with Crippen LogP contribution in [0.2, 0.25) is 0 Å². The van der Waals surface area contributed by atoms with E-state index < -0.39 is 0 Å². The minimum Gasteiger partial charge on any atom is -0.369 e. The standard InChI is InChI=1S/C21H27N3O/c1-17-4-3-5-18(16-17)6-11-21(25)22-19-7-9-20(10-8-19)24-14-12-23(2)13-15-24/h3-5,7-10,16H,6,11-15H2,1-2H3,(H,22,25). The van der Waals surface area contributed by atoms with Crippen LogP contribution in [0.25, 0.3) is 0 Å². The summed E-state index contributed by atoms with van der Waals surface area (Å²) < 4.78 is 0. The van der Waals surface area contributed by atoms with Crippen molar-refractivity contribution in [2.75, 3.05) is 43.4 Å². The summed E-state index contributed by atoms with van der Waals surface area (Å²) in [7, 11) is 2.16. The minimum atomic E-state index is 0.0638. The van der Waals surface area contributed by atoms with Gasteiger partial charge in [0.2, 0.25) is 5.91 Å². The summed E-state index contributed by atoms with van der Waals surface area (Å²) in [6, 6.07) is 16.5. The van der Waals surface area contributed by atoms with Crippen LogP contribution in [0.5, 0.6) is 0 Å². The number of aryl methyl sites for hydroxylation is 2. The van der Waals surface area contributed by atoms with Gasteiger partial charge in [-0.05, 0) is 50.2 Å². The third-order valence-electron chi connectivity index (χ3n) is 4.74. The molecule has 0 saturated carbocycles. The van der Waals surface area contributed by atoms with Gasteiger partial charge < -0.3 is 15.1 Å². The van der Waals surface area contributed by atoms with Crippen LogP contribution >= 0.6 is 0 Å². The number of hydrogen-bond acceptors (Lipinski definition) is 3. The average molecular weight is 337 g/mol. The summed E-state index contributed by atoms with van der Waals surface area (Å²) in [4.78, 5) is 16.9. The zero-order valence-electron chi connectivity index (χ0n) is 15.2. The van der Waals surface area contributed by atoms with E-state index in [4.69, 9.17) is 0 Å². The number of nitrogens with zero attached hydrogens (tertiary/aromatic N) is 2. The monoisotopic (exact) mass is 337 g/mol. The number of amides is 1. The molecule has 1 fully saturated rings. The molecule has 4 heteroatoms. The molecule has 0 radical (unpaired) electrons. The number of hydrogen-bond donors (Lipinski definition) is 1. The fourth-order valence-corrected chi connectivity index (χ4v) is 3.17. The Morgan fingerprint density at radius 1 is 1.04 bits per heavy atom. The van der Waals surface area contributed by atoms with Crippen molar-refractivity contribution < 1.29 is 4.79 Å². The second-order valence-electron chi connectivity index (χ2n) is 6.87. The van der Waals surface area contributed by atoms with Crippen LogP contribution in [0.4, 0.5) is 11.4 Å². The molecule has 1 amide bonds. The Bertz CT molecular complexity index is 703. The predicted octanol–water partition coefficient (Wildman–Crippen LogP) is 3.32. The number of anilines is 2. The number of likely N-dealkylation sites (N-methyl/N-ethyl adjacent to an activating group) is 1. The quantitative estimate of drug-likeness (QED) is 0.909. The lowest BCUT2D eigenvalue weighted by molar-refractivity contribution is -0.116. The molecule has 4 nitrogen and oxygen atoms in total. The van der Waals surface area contributed by atoms with Gasteiger partial charge in [-0.2, -0.15) is 0 Å². The summed E-state index contributed by atoms with van der Waals surface area (Å²) >= 11 is 0. The summed E-state index contributed by atoms with van der Waals surface area (Å²) in [6.07, 6.45) is 1.27. The van der Waals surface area contributed by atoms with Crippen LogP contribution in [-0.2, 0) is 11.2 Å². The van der Waals surface area contributed by atoms with Gasteiger partial charge in [0.15, 0.2) is 0 Å². The van der Waals surface area contributed by atoms with Crippen molar-refractivity contribution in [2.45, 2.75) is 19.8 Å². The summed E-state index contributed by atoms with van der Waals surface area (Å²) in [6.45, 7) is 6.37. The summed E-state index contributed by atoms with van der Waals surface area (Å²) in [5.74, 6) is 0.0638. The first-order chi connectivity index (χ1) is 12.1. The molecule has 1 saturated heterocycles. The van der Waals surface area contributed by atoms with Gasteiger partial charge in [0.25, 0.3) is 0 Å². The highest BCUT2D eigenvalue weighted by Gasteiger charge is 2.14. The highest BCUT2D eigenvalue weighted by molar-refractivity contribution is 5.91. The molecule has 2 aromatic rings. The lowest BCUT2D eigenvalue weighted by Gasteiger charge is -2.34. The zero-order chi connectivity index (χ0) is 17.6. The smallest absolute Gasteiger partial charge is 0.224 e. The maximum atomic E-state index is 12.2. The number of nitrogens with one attached hydrogen (secondary N) is 1. The van der Waals surface area contributed by atoms with Crippen molar-refractivity contribution in [2.24, 2.45) is 0 Å². The average Bonchev–Trinajstić information content (AvgIpc) is 2.62. The van der Waals surface area contributed by atoms with E-state index in [9.17, 15) is 4.79 Å². The first-order valence-electron chi connectivity index (χ1n) is 8.99. The van der Waals surface area contributed by atoms with Gasteiger partial charge in [-0.3, -0.25) is 4.79 Å². The Kier molecular flexibility index (Phi) is 5.71. The van der Waals surface area contributed by atoms with E-state index in [1.165, 1.54) is 16.8 Å².